The Kier molecular flexibility index (Phi) is 13.6. The molecule has 3 amide bonds. The van der Waals surface area contributed by atoms with Crippen molar-refractivity contribution in [3.8, 4) is 0 Å². The zero-order valence-corrected chi connectivity index (χ0v) is 28.9. The molecule has 0 unspecified atom stereocenters. The van der Waals surface area contributed by atoms with Crippen LogP contribution in [0.1, 0.15) is 53.5 Å². The largest absolute Gasteiger partial charge is 0.453 e. The fraction of sp³-hybridized carbons (Fsp3) is 0.341. The number of para-hydroxylation sites is 1. The molecular weight excluding hydrogens is 628 g/mol. The molecule has 5 rings (SSSR count). The summed E-state index contributed by atoms with van der Waals surface area (Å²) in [7, 11) is 1.31. The van der Waals surface area contributed by atoms with Crippen LogP contribution in [0.2, 0.25) is 0 Å². The maximum absolute atomic E-state index is 14.2. The second kappa shape index (κ2) is 18.7. The van der Waals surface area contributed by atoms with Crippen LogP contribution in [0.4, 0.5) is 15.3 Å². The smallest absolute Gasteiger partial charge is 0.407 e. The van der Waals surface area contributed by atoms with Crippen molar-refractivity contribution in [2.24, 2.45) is 0 Å². The molecule has 1 aliphatic rings. The average Bonchev–Trinajstić information content (AvgIpc) is 3.15. The van der Waals surface area contributed by atoms with Gasteiger partial charge in [-0.25, -0.2) is 9.59 Å². The van der Waals surface area contributed by atoms with E-state index in [0.29, 0.717) is 13.2 Å². The number of methoxy groups -OCH3 is 1. The summed E-state index contributed by atoms with van der Waals surface area (Å²) >= 11 is 0. The van der Waals surface area contributed by atoms with Gasteiger partial charge in [-0.2, -0.15) is 0 Å². The Morgan fingerprint density at radius 3 is 2.02 bits per heavy atom. The van der Waals surface area contributed by atoms with Crippen molar-refractivity contribution in [1.82, 2.24) is 16.0 Å². The van der Waals surface area contributed by atoms with Gasteiger partial charge in [0.05, 0.1) is 19.8 Å². The van der Waals surface area contributed by atoms with E-state index in [1.165, 1.54) is 7.11 Å². The summed E-state index contributed by atoms with van der Waals surface area (Å²) in [6.45, 7) is 3.81. The monoisotopic (exact) mass is 676 g/mol. The van der Waals surface area contributed by atoms with Crippen LogP contribution in [-0.2, 0) is 33.5 Å². The maximum atomic E-state index is 14.2. The number of nitrogens with one attached hydrogen (secondary N) is 4. The molecule has 3 atom stereocenters. The van der Waals surface area contributed by atoms with Crippen molar-refractivity contribution in [3.05, 3.63) is 137 Å². The number of benzene rings is 4. The van der Waals surface area contributed by atoms with Crippen LogP contribution >= 0.6 is 0 Å². The normalized spacial score (nSPS) is 16.3. The summed E-state index contributed by atoms with van der Waals surface area (Å²) in [5.74, 6) is -0.488. The van der Waals surface area contributed by atoms with Gasteiger partial charge in [-0.15, -0.1) is 0 Å². The predicted molar refractivity (Wildman–Crippen MR) is 197 cm³/mol. The van der Waals surface area contributed by atoms with Crippen LogP contribution in [0.15, 0.2) is 109 Å². The number of Topliss-reactive ketones (excluding diaryl/α,β-unsaturated/α-hetero) is 1. The number of alkyl carbamates (subject to hydrolysis) is 1. The first-order chi connectivity index (χ1) is 24.4. The standard InChI is InChI=1S/C41H48N4O5/c1-3-42-40(47)44-36-21-13-12-15-30(36)22-24-34-28-50-35(27-43-34)25-23-29-14-10-11-20-33(29)26-37(46)39(45-41(48)49-2)38(31-16-6-4-7-17-31)32-18-8-5-9-19-32/h4-21,34-35,38-39,43H,3,22-28H2,1-2H3,(H,45,48)(H2,42,44,47)/t34-,35-,39-/m1/s1. The first kappa shape index (κ1) is 36.3. The number of amides is 3. The molecule has 0 bridgehead atoms. The second-order valence-electron chi connectivity index (χ2n) is 12.6. The molecule has 9 nitrogen and oxygen atoms in total. The minimum absolute atomic E-state index is 0.0518. The Morgan fingerprint density at radius 1 is 0.800 bits per heavy atom. The first-order valence-corrected chi connectivity index (χ1v) is 17.5. The van der Waals surface area contributed by atoms with Crippen LogP contribution < -0.4 is 21.3 Å². The molecule has 1 aliphatic heterocycles. The predicted octanol–water partition coefficient (Wildman–Crippen LogP) is 6.42. The Morgan fingerprint density at radius 2 is 1.40 bits per heavy atom. The first-order valence-electron chi connectivity index (χ1n) is 17.5. The molecule has 1 heterocycles. The van der Waals surface area contributed by atoms with Gasteiger partial charge in [0.2, 0.25) is 0 Å². The summed E-state index contributed by atoms with van der Waals surface area (Å²) < 4.78 is 11.3. The van der Waals surface area contributed by atoms with Gasteiger partial charge in [0.15, 0.2) is 5.78 Å². The molecule has 9 heteroatoms. The number of hydrogen-bond donors (Lipinski definition) is 4. The van der Waals surface area contributed by atoms with E-state index in [4.69, 9.17) is 9.47 Å². The van der Waals surface area contributed by atoms with Crippen molar-refractivity contribution < 1.29 is 23.9 Å². The number of carbonyl (C=O) groups is 3. The molecule has 1 fully saturated rings. The highest BCUT2D eigenvalue weighted by Gasteiger charge is 2.33. The number of urea groups is 1. The fourth-order valence-corrected chi connectivity index (χ4v) is 6.58. The van der Waals surface area contributed by atoms with Crippen molar-refractivity contribution in [3.63, 3.8) is 0 Å². The third-order valence-corrected chi connectivity index (χ3v) is 9.21. The molecule has 0 aliphatic carbocycles. The van der Waals surface area contributed by atoms with Gasteiger partial charge in [-0.1, -0.05) is 103 Å². The van der Waals surface area contributed by atoms with E-state index in [0.717, 1.165) is 65.7 Å². The Bertz CT molecular complexity index is 1640. The fourth-order valence-electron chi connectivity index (χ4n) is 6.58. The van der Waals surface area contributed by atoms with Crippen LogP contribution in [0.5, 0.6) is 0 Å². The third kappa shape index (κ3) is 10.3. The van der Waals surface area contributed by atoms with Gasteiger partial charge in [0.1, 0.15) is 6.04 Å². The van der Waals surface area contributed by atoms with E-state index in [-0.39, 0.29) is 30.4 Å². The number of carbonyl (C=O) groups excluding carboxylic acids is 3. The van der Waals surface area contributed by atoms with E-state index < -0.39 is 18.1 Å². The highest BCUT2D eigenvalue weighted by Crippen LogP contribution is 2.30. The molecular formula is C41H48N4O5. The van der Waals surface area contributed by atoms with E-state index >= 15 is 0 Å². The number of morpholine rings is 1. The zero-order chi connectivity index (χ0) is 35.1. The lowest BCUT2D eigenvalue weighted by molar-refractivity contribution is -0.120. The highest BCUT2D eigenvalue weighted by atomic mass is 16.5. The Balaban J connectivity index is 1.19. The maximum Gasteiger partial charge on any atom is 0.407 e. The van der Waals surface area contributed by atoms with Gasteiger partial charge < -0.3 is 30.7 Å². The van der Waals surface area contributed by atoms with Gasteiger partial charge in [0, 0.05) is 37.2 Å². The topological polar surface area (TPSA) is 118 Å². The molecule has 4 aromatic carbocycles. The SMILES string of the molecule is CCNC(=O)Nc1ccccc1CC[C@@H]1CO[C@H](CCc2ccccc2CC(=O)[C@@H](NC(=O)OC)C(c2ccccc2)c2ccccc2)CN1. The number of ether oxygens (including phenoxy) is 2. The molecule has 4 N–H and O–H groups in total. The minimum Gasteiger partial charge on any atom is -0.453 e. The van der Waals surface area contributed by atoms with Gasteiger partial charge in [-0.05, 0) is 66.5 Å². The Hall–Kier alpha value is -4.99. The van der Waals surface area contributed by atoms with E-state index in [2.05, 4.69) is 27.3 Å². The minimum atomic E-state index is -0.834. The van der Waals surface area contributed by atoms with Gasteiger partial charge in [0.25, 0.3) is 0 Å². The van der Waals surface area contributed by atoms with E-state index in [1.54, 1.807) is 0 Å². The quantitative estimate of drug-likeness (QED) is 0.116. The summed E-state index contributed by atoms with van der Waals surface area (Å²) in [4.78, 5) is 38.8. The summed E-state index contributed by atoms with van der Waals surface area (Å²) in [5.41, 5.74) is 5.82. The number of ketones is 1. The lowest BCUT2D eigenvalue weighted by Crippen LogP contribution is -2.46. The van der Waals surface area contributed by atoms with Crippen LogP contribution in [0.3, 0.4) is 0 Å². The van der Waals surface area contributed by atoms with Gasteiger partial charge >= 0.3 is 12.1 Å². The number of rotatable bonds is 15. The summed E-state index contributed by atoms with van der Waals surface area (Å²) in [6.07, 6.45) is 2.85. The molecule has 0 saturated carbocycles. The lowest BCUT2D eigenvalue weighted by Gasteiger charge is -2.31. The second-order valence-corrected chi connectivity index (χ2v) is 12.6. The molecule has 0 spiro atoms. The van der Waals surface area contributed by atoms with E-state index in [1.807, 2.05) is 110 Å². The number of hydrogen-bond acceptors (Lipinski definition) is 6. The van der Waals surface area contributed by atoms with Crippen LogP contribution in [0.25, 0.3) is 0 Å². The van der Waals surface area contributed by atoms with Crippen molar-refractivity contribution >= 4 is 23.6 Å². The Labute approximate surface area is 295 Å². The molecule has 0 radical (unpaired) electrons. The van der Waals surface area contributed by atoms with Gasteiger partial charge in [-0.3, -0.25) is 4.79 Å². The third-order valence-electron chi connectivity index (χ3n) is 9.21. The molecule has 0 aromatic heterocycles. The van der Waals surface area contributed by atoms with Crippen molar-refractivity contribution in [2.45, 2.75) is 63.1 Å². The van der Waals surface area contributed by atoms with Crippen LogP contribution in [0, 0.1) is 0 Å². The van der Waals surface area contributed by atoms with Crippen LogP contribution in [-0.4, -0.2) is 62.9 Å². The summed E-state index contributed by atoms with van der Waals surface area (Å²) in [6, 6.07) is 34.7. The molecule has 50 heavy (non-hydrogen) atoms. The van der Waals surface area contributed by atoms with E-state index in [9.17, 15) is 14.4 Å². The zero-order valence-electron chi connectivity index (χ0n) is 28.9. The lowest BCUT2D eigenvalue weighted by atomic mass is 9.81. The molecule has 1 saturated heterocycles. The molecule has 262 valence electrons. The average molecular weight is 677 g/mol. The van der Waals surface area contributed by atoms with Crippen molar-refractivity contribution in [2.75, 3.05) is 32.1 Å². The number of aryl methyl sites for hydroxylation is 2. The highest BCUT2D eigenvalue weighted by molar-refractivity contribution is 5.91. The molecule has 4 aromatic rings. The van der Waals surface area contributed by atoms with Crippen molar-refractivity contribution in [1.29, 1.82) is 0 Å². The summed E-state index contributed by atoms with van der Waals surface area (Å²) in [5, 5.41) is 12.2. The number of anilines is 1.